The first-order valence-electron chi connectivity index (χ1n) is 8.47. The lowest BCUT2D eigenvalue weighted by Gasteiger charge is -2.26. The Morgan fingerprint density at radius 2 is 2.04 bits per heavy atom. The molecule has 1 N–H and O–H groups in total. The third-order valence-electron chi connectivity index (χ3n) is 4.87. The summed E-state index contributed by atoms with van der Waals surface area (Å²) >= 11 is 1.68. The van der Waals surface area contributed by atoms with Gasteiger partial charge in [-0.3, -0.25) is 4.79 Å². The number of nitrogens with one attached hydrogen (secondary N) is 1. The third kappa shape index (κ3) is 2.77. The fourth-order valence-electron chi connectivity index (χ4n) is 3.69. The summed E-state index contributed by atoms with van der Waals surface area (Å²) in [5.74, 6) is 1.65. The molecule has 0 unspecified atom stereocenters. The van der Waals surface area contributed by atoms with Crippen molar-refractivity contribution in [2.45, 2.75) is 44.1 Å². The van der Waals surface area contributed by atoms with E-state index in [1.54, 1.807) is 18.4 Å². The van der Waals surface area contributed by atoms with Gasteiger partial charge in [-0.15, -0.1) is 11.3 Å². The van der Waals surface area contributed by atoms with Gasteiger partial charge in [-0.1, -0.05) is 12.1 Å². The summed E-state index contributed by atoms with van der Waals surface area (Å²) < 4.78 is 11.9. The van der Waals surface area contributed by atoms with Crippen LogP contribution in [0.1, 0.15) is 48.5 Å². The maximum atomic E-state index is 12.1. The highest BCUT2D eigenvalue weighted by Crippen LogP contribution is 2.46. The minimum atomic E-state index is 0.0280. The van der Waals surface area contributed by atoms with Crippen LogP contribution in [0.2, 0.25) is 0 Å². The molecule has 0 radical (unpaired) electrons. The zero-order chi connectivity index (χ0) is 16.5. The zero-order valence-electron chi connectivity index (χ0n) is 13.7. The summed E-state index contributed by atoms with van der Waals surface area (Å²) in [4.78, 5) is 13.3. The molecule has 126 valence electrons. The van der Waals surface area contributed by atoms with E-state index in [4.69, 9.17) is 9.47 Å². The van der Waals surface area contributed by atoms with Gasteiger partial charge < -0.3 is 14.8 Å². The molecule has 1 atom stereocenters. The van der Waals surface area contributed by atoms with Crippen molar-refractivity contribution in [1.29, 1.82) is 0 Å². The number of hydrogen-bond acceptors (Lipinski definition) is 4. The Labute approximate surface area is 145 Å². The summed E-state index contributed by atoms with van der Waals surface area (Å²) in [6.45, 7) is 0. The fraction of sp³-hybridized carbons (Fsp3) is 0.421. The average molecular weight is 343 g/mol. The molecule has 0 bridgehead atoms. The van der Waals surface area contributed by atoms with E-state index in [-0.39, 0.29) is 17.9 Å². The van der Waals surface area contributed by atoms with Crippen LogP contribution in [0.5, 0.6) is 11.5 Å². The monoisotopic (exact) mass is 343 g/mol. The Morgan fingerprint density at radius 3 is 2.83 bits per heavy atom. The van der Waals surface area contributed by atoms with Crippen LogP contribution in [-0.4, -0.2) is 19.1 Å². The van der Waals surface area contributed by atoms with Gasteiger partial charge in [0.05, 0.1) is 18.9 Å². The normalized spacial score (nSPS) is 20.5. The second-order valence-electron chi connectivity index (χ2n) is 6.41. The smallest absolute Gasteiger partial charge is 0.225 e. The summed E-state index contributed by atoms with van der Waals surface area (Å²) in [5.41, 5.74) is 1.98. The lowest BCUT2D eigenvalue weighted by molar-refractivity contribution is -0.116. The van der Waals surface area contributed by atoms with Gasteiger partial charge in [0, 0.05) is 22.8 Å². The highest BCUT2D eigenvalue weighted by Gasteiger charge is 2.31. The molecule has 2 aromatic rings. The van der Waals surface area contributed by atoms with Crippen LogP contribution < -0.4 is 14.8 Å². The number of thiophene rings is 1. The number of benzene rings is 1. The van der Waals surface area contributed by atoms with Crippen molar-refractivity contribution in [3.05, 3.63) is 40.1 Å². The lowest BCUT2D eigenvalue weighted by atomic mass is 9.89. The number of amides is 1. The van der Waals surface area contributed by atoms with Crippen molar-refractivity contribution in [2.75, 3.05) is 12.4 Å². The second-order valence-corrected chi connectivity index (χ2v) is 7.35. The van der Waals surface area contributed by atoms with Gasteiger partial charge in [0.25, 0.3) is 0 Å². The molecule has 1 amide bonds. The molecule has 1 aliphatic heterocycles. The summed E-state index contributed by atoms with van der Waals surface area (Å²) in [5, 5.41) is 4.99. The van der Waals surface area contributed by atoms with Crippen LogP contribution in [0.4, 0.5) is 5.69 Å². The number of methoxy groups -OCH3 is 1. The van der Waals surface area contributed by atoms with Gasteiger partial charge in [0.1, 0.15) is 0 Å². The molecule has 4 nitrogen and oxygen atoms in total. The van der Waals surface area contributed by atoms with E-state index in [1.807, 2.05) is 23.6 Å². The highest BCUT2D eigenvalue weighted by molar-refractivity contribution is 7.10. The van der Waals surface area contributed by atoms with E-state index >= 15 is 0 Å². The quantitative estimate of drug-likeness (QED) is 0.886. The van der Waals surface area contributed by atoms with Crippen LogP contribution in [0.25, 0.3) is 0 Å². The molecule has 1 saturated carbocycles. The Kier molecular flexibility index (Phi) is 4.19. The third-order valence-corrected chi connectivity index (χ3v) is 5.90. The number of anilines is 1. The SMILES string of the molecule is COc1cccc([C@H]2CC(=O)Nc3ccsc32)c1OC1CCCC1. The Hall–Kier alpha value is -2.01. The number of para-hydroxylation sites is 1. The van der Waals surface area contributed by atoms with Crippen molar-refractivity contribution in [1.82, 2.24) is 0 Å². The van der Waals surface area contributed by atoms with E-state index in [0.717, 1.165) is 35.6 Å². The first kappa shape index (κ1) is 15.5. The summed E-state index contributed by atoms with van der Waals surface area (Å²) in [6.07, 6.45) is 5.31. The van der Waals surface area contributed by atoms with Crippen LogP contribution in [-0.2, 0) is 4.79 Å². The Bertz CT molecular complexity index is 749. The number of rotatable bonds is 4. The summed E-state index contributed by atoms with van der Waals surface area (Å²) in [7, 11) is 1.67. The van der Waals surface area contributed by atoms with Crippen molar-refractivity contribution in [3.8, 4) is 11.5 Å². The lowest BCUT2D eigenvalue weighted by Crippen LogP contribution is -2.23. The molecule has 2 heterocycles. The second kappa shape index (κ2) is 6.48. The van der Waals surface area contributed by atoms with Gasteiger partial charge in [0.2, 0.25) is 5.91 Å². The van der Waals surface area contributed by atoms with E-state index in [0.29, 0.717) is 6.42 Å². The molecule has 1 fully saturated rings. The van der Waals surface area contributed by atoms with E-state index in [2.05, 4.69) is 11.4 Å². The number of ether oxygens (including phenoxy) is 2. The highest BCUT2D eigenvalue weighted by atomic mass is 32.1. The first-order valence-corrected chi connectivity index (χ1v) is 9.35. The van der Waals surface area contributed by atoms with Crippen LogP contribution in [0.3, 0.4) is 0 Å². The molecule has 1 aromatic heterocycles. The number of carbonyl (C=O) groups is 1. The Morgan fingerprint density at radius 1 is 1.21 bits per heavy atom. The molecule has 5 heteroatoms. The van der Waals surface area contributed by atoms with Gasteiger partial charge in [-0.25, -0.2) is 0 Å². The van der Waals surface area contributed by atoms with Crippen molar-refractivity contribution in [2.24, 2.45) is 0 Å². The van der Waals surface area contributed by atoms with E-state index in [1.165, 1.54) is 17.7 Å². The van der Waals surface area contributed by atoms with Gasteiger partial charge in [0.15, 0.2) is 11.5 Å². The van der Waals surface area contributed by atoms with Gasteiger partial charge >= 0.3 is 0 Å². The zero-order valence-corrected chi connectivity index (χ0v) is 14.5. The fourth-order valence-corrected chi connectivity index (χ4v) is 4.66. The number of carbonyl (C=O) groups excluding carboxylic acids is 1. The minimum Gasteiger partial charge on any atom is -0.493 e. The van der Waals surface area contributed by atoms with E-state index < -0.39 is 0 Å². The predicted molar refractivity (Wildman–Crippen MR) is 95.3 cm³/mol. The average Bonchev–Trinajstić information content (AvgIpc) is 3.25. The first-order chi connectivity index (χ1) is 11.8. The molecule has 0 spiro atoms. The van der Waals surface area contributed by atoms with Crippen LogP contribution in [0, 0.1) is 0 Å². The largest absolute Gasteiger partial charge is 0.493 e. The molecule has 2 aliphatic rings. The van der Waals surface area contributed by atoms with Gasteiger partial charge in [-0.05, 0) is 43.2 Å². The number of fused-ring (bicyclic) bond motifs is 1. The molecular formula is C19H21NO3S. The minimum absolute atomic E-state index is 0.0280. The molecule has 1 aromatic carbocycles. The maximum absolute atomic E-state index is 12.1. The topological polar surface area (TPSA) is 47.6 Å². The van der Waals surface area contributed by atoms with Crippen LogP contribution >= 0.6 is 11.3 Å². The molecule has 1 aliphatic carbocycles. The number of hydrogen-bond donors (Lipinski definition) is 1. The molecular weight excluding hydrogens is 322 g/mol. The maximum Gasteiger partial charge on any atom is 0.225 e. The van der Waals surface area contributed by atoms with Gasteiger partial charge in [-0.2, -0.15) is 0 Å². The Balaban J connectivity index is 1.76. The van der Waals surface area contributed by atoms with Crippen LogP contribution in [0.15, 0.2) is 29.6 Å². The van der Waals surface area contributed by atoms with Crippen molar-refractivity contribution < 1.29 is 14.3 Å². The molecule has 0 saturated heterocycles. The summed E-state index contributed by atoms with van der Waals surface area (Å²) in [6, 6.07) is 7.96. The standard InChI is InChI=1S/C19H21NO3S/c1-22-16-8-4-7-13(18(16)23-12-5-2-3-6-12)14-11-17(21)20-15-9-10-24-19(14)15/h4,7-10,12,14H,2-3,5-6,11H2,1H3,(H,20,21)/t14-/m1/s1. The van der Waals surface area contributed by atoms with Crippen molar-refractivity contribution >= 4 is 22.9 Å². The van der Waals surface area contributed by atoms with E-state index in [9.17, 15) is 4.79 Å². The van der Waals surface area contributed by atoms with Crippen molar-refractivity contribution in [3.63, 3.8) is 0 Å². The predicted octanol–water partition coefficient (Wildman–Crippen LogP) is 4.55. The molecule has 4 rings (SSSR count). The molecule has 24 heavy (non-hydrogen) atoms.